The van der Waals surface area contributed by atoms with Gasteiger partial charge in [-0.2, -0.15) is 0 Å². The number of nitrogens with two attached hydrogens (primary N) is 1. The lowest BCUT2D eigenvalue weighted by Gasteiger charge is -2.07. The molecule has 0 aliphatic carbocycles. The fraction of sp³-hybridized carbons (Fsp3) is 0.111. The van der Waals surface area contributed by atoms with Crippen LogP contribution in [0, 0.1) is 0 Å². The molecule has 4 rings (SSSR count). The Morgan fingerprint density at radius 2 is 2.19 bits per heavy atom. The van der Waals surface area contributed by atoms with Gasteiger partial charge in [-0.25, -0.2) is 9.97 Å². The molecular weight excluding hydrogens is 364 g/mol. The largest absolute Gasteiger partial charge is 0.410 e. The number of benzene rings is 1. The summed E-state index contributed by atoms with van der Waals surface area (Å²) in [6.45, 7) is 2.37. The first-order chi connectivity index (χ1) is 13.1. The van der Waals surface area contributed by atoms with Gasteiger partial charge in [0.25, 0.3) is 5.91 Å². The van der Waals surface area contributed by atoms with Gasteiger partial charge < -0.3 is 21.2 Å². The van der Waals surface area contributed by atoms with Crippen LogP contribution in [0.2, 0.25) is 0 Å². The van der Waals surface area contributed by atoms with Crippen molar-refractivity contribution in [2.75, 3.05) is 12.3 Å². The van der Waals surface area contributed by atoms with E-state index < -0.39 is 0 Å². The zero-order chi connectivity index (χ0) is 19.0. The average molecular weight is 380 g/mol. The lowest BCUT2D eigenvalue weighted by Crippen LogP contribution is -2.21. The maximum atomic E-state index is 12.2. The second kappa shape index (κ2) is 6.69. The minimum atomic E-state index is -0.193. The van der Waals surface area contributed by atoms with Crippen molar-refractivity contribution in [3.63, 3.8) is 0 Å². The highest BCUT2D eigenvalue weighted by atomic mass is 32.1. The molecular formula is C18H16N6O2S. The average Bonchev–Trinajstić information content (AvgIpc) is 3.28. The number of H-pyrrole nitrogens is 1. The van der Waals surface area contributed by atoms with Crippen molar-refractivity contribution in [1.29, 1.82) is 0 Å². The van der Waals surface area contributed by atoms with E-state index in [1.54, 1.807) is 6.07 Å². The van der Waals surface area contributed by atoms with E-state index in [0.29, 0.717) is 32.9 Å². The zero-order valence-corrected chi connectivity index (χ0v) is 15.2. The predicted molar refractivity (Wildman–Crippen MR) is 106 cm³/mol. The maximum absolute atomic E-state index is 12.2. The summed E-state index contributed by atoms with van der Waals surface area (Å²) in [4.78, 5) is 24.8. The molecule has 0 unspecified atom stereocenters. The highest BCUT2D eigenvalue weighted by molar-refractivity contribution is 7.20. The highest BCUT2D eigenvalue weighted by Crippen LogP contribution is 2.29. The standard InChI is InChI=1S/C18H16N6O2S/c1-2-20-16(25)13-8-11-15(22-18(19)23-17(11)27-13)14(24-26)10-3-4-12-9(7-10)5-6-21-12/h3-8,21,26H,2H2,1H3,(H,20,25)(H2,19,22,23). The number of thiophene rings is 1. The minimum absolute atomic E-state index is 0.0469. The Balaban J connectivity index is 1.88. The first-order valence-corrected chi connectivity index (χ1v) is 9.07. The number of amides is 1. The van der Waals surface area contributed by atoms with Gasteiger partial charge in [0.2, 0.25) is 5.95 Å². The van der Waals surface area contributed by atoms with Crippen LogP contribution in [0.25, 0.3) is 21.1 Å². The van der Waals surface area contributed by atoms with Crippen LogP contribution in [0.3, 0.4) is 0 Å². The fourth-order valence-electron chi connectivity index (χ4n) is 2.92. The quantitative estimate of drug-likeness (QED) is 0.246. The topological polar surface area (TPSA) is 129 Å². The summed E-state index contributed by atoms with van der Waals surface area (Å²) in [5, 5.41) is 17.5. The Morgan fingerprint density at radius 1 is 1.33 bits per heavy atom. The van der Waals surface area contributed by atoms with E-state index in [2.05, 4.69) is 25.4 Å². The van der Waals surface area contributed by atoms with Crippen molar-refractivity contribution in [3.05, 3.63) is 52.7 Å². The Morgan fingerprint density at radius 3 is 2.96 bits per heavy atom. The smallest absolute Gasteiger partial charge is 0.261 e. The van der Waals surface area contributed by atoms with Gasteiger partial charge >= 0.3 is 0 Å². The minimum Gasteiger partial charge on any atom is -0.410 e. The van der Waals surface area contributed by atoms with Crippen molar-refractivity contribution in [1.82, 2.24) is 20.3 Å². The third kappa shape index (κ3) is 2.97. The lowest BCUT2D eigenvalue weighted by molar-refractivity contribution is 0.0960. The highest BCUT2D eigenvalue weighted by Gasteiger charge is 2.20. The van der Waals surface area contributed by atoms with E-state index >= 15 is 0 Å². The van der Waals surface area contributed by atoms with E-state index in [4.69, 9.17) is 5.73 Å². The second-order valence-electron chi connectivity index (χ2n) is 5.85. The molecule has 8 nitrogen and oxygen atoms in total. The lowest BCUT2D eigenvalue weighted by atomic mass is 10.0. The number of carbonyl (C=O) groups is 1. The molecule has 0 saturated heterocycles. The zero-order valence-electron chi connectivity index (χ0n) is 14.4. The van der Waals surface area contributed by atoms with Crippen LogP contribution in [-0.2, 0) is 0 Å². The third-order valence-corrected chi connectivity index (χ3v) is 5.15. The molecule has 0 atom stereocenters. The number of carbonyl (C=O) groups excluding carboxylic acids is 1. The molecule has 27 heavy (non-hydrogen) atoms. The number of hydrogen-bond acceptors (Lipinski definition) is 7. The second-order valence-corrected chi connectivity index (χ2v) is 6.88. The van der Waals surface area contributed by atoms with Crippen molar-refractivity contribution in [3.8, 4) is 0 Å². The SMILES string of the molecule is CCNC(=O)c1cc2c(C(=NO)c3ccc4[nH]ccc4c3)nc(N)nc2s1. The number of nitrogen functional groups attached to an aromatic ring is 1. The summed E-state index contributed by atoms with van der Waals surface area (Å²) in [7, 11) is 0. The molecule has 1 aromatic carbocycles. The van der Waals surface area contributed by atoms with Gasteiger partial charge in [-0.15, -0.1) is 11.3 Å². The summed E-state index contributed by atoms with van der Waals surface area (Å²) in [6.07, 6.45) is 1.84. The Kier molecular flexibility index (Phi) is 4.21. The molecule has 0 fully saturated rings. The molecule has 3 aromatic heterocycles. The van der Waals surface area contributed by atoms with E-state index in [0.717, 1.165) is 10.9 Å². The molecule has 9 heteroatoms. The monoisotopic (exact) mass is 380 g/mol. The van der Waals surface area contributed by atoms with Crippen LogP contribution in [0.1, 0.15) is 27.9 Å². The van der Waals surface area contributed by atoms with Crippen LogP contribution in [0.5, 0.6) is 0 Å². The van der Waals surface area contributed by atoms with Gasteiger partial charge in [0.05, 0.1) is 4.88 Å². The summed E-state index contributed by atoms with van der Waals surface area (Å²) < 4.78 is 0. The van der Waals surface area contributed by atoms with E-state index in [1.807, 2.05) is 37.4 Å². The molecule has 136 valence electrons. The van der Waals surface area contributed by atoms with Gasteiger partial charge in [0, 0.05) is 34.6 Å². The predicted octanol–water partition coefficient (Wildman–Crippen LogP) is 2.73. The van der Waals surface area contributed by atoms with Crippen molar-refractivity contribution in [2.24, 2.45) is 5.16 Å². The summed E-state index contributed by atoms with van der Waals surface area (Å²) in [6, 6.07) is 9.23. The Labute approximate surface area is 157 Å². The number of aromatic amines is 1. The molecule has 0 aliphatic rings. The molecule has 0 saturated carbocycles. The number of aromatic nitrogens is 3. The first-order valence-electron chi connectivity index (χ1n) is 8.26. The van der Waals surface area contributed by atoms with Crippen molar-refractivity contribution < 1.29 is 10.0 Å². The summed E-state index contributed by atoms with van der Waals surface area (Å²) >= 11 is 1.22. The fourth-order valence-corrected chi connectivity index (χ4v) is 3.88. The molecule has 4 aromatic rings. The van der Waals surface area contributed by atoms with Gasteiger partial charge in [-0.05, 0) is 31.2 Å². The number of oxime groups is 1. The van der Waals surface area contributed by atoms with Crippen molar-refractivity contribution in [2.45, 2.75) is 6.92 Å². The van der Waals surface area contributed by atoms with Crippen LogP contribution in [-0.4, -0.2) is 38.3 Å². The summed E-state index contributed by atoms with van der Waals surface area (Å²) in [5.74, 6) is -0.146. The van der Waals surface area contributed by atoms with Gasteiger partial charge in [-0.3, -0.25) is 4.79 Å². The number of nitrogens with zero attached hydrogens (tertiary/aromatic N) is 3. The molecule has 0 spiro atoms. The normalized spacial score (nSPS) is 12.0. The third-order valence-electron chi connectivity index (χ3n) is 4.12. The van der Waals surface area contributed by atoms with E-state index in [1.165, 1.54) is 11.3 Å². The van der Waals surface area contributed by atoms with Gasteiger partial charge in [0.15, 0.2) is 0 Å². The number of nitrogens with one attached hydrogen (secondary N) is 2. The molecule has 5 N–H and O–H groups in total. The van der Waals surface area contributed by atoms with E-state index in [-0.39, 0.29) is 17.6 Å². The molecule has 0 aliphatic heterocycles. The Bertz CT molecular complexity index is 1190. The van der Waals surface area contributed by atoms with Crippen LogP contribution in [0.15, 0.2) is 41.7 Å². The summed E-state index contributed by atoms with van der Waals surface area (Å²) in [5.41, 5.74) is 8.14. The van der Waals surface area contributed by atoms with Crippen LogP contribution in [0.4, 0.5) is 5.95 Å². The molecule has 0 radical (unpaired) electrons. The van der Waals surface area contributed by atoms with Gasteiger partial charge in [-0.1, -0.05) is 11.2 Å². The molecule has 0 bridgehead atoms. The van der Waals surface area contributed by atoms with Gasteiger partial charge in [0.1, 0.15) is 16.2 Å². The van der Waals surface area contributed by atoms with Crippen LogP contribution < -0.4 is 11.1 Å². The number of anilines is 1. The maximum Gasteiger partial charge on any atom is 0.261 e. The van der Waals surface area contributed by atoms with Crippen LogP contribution >= 0.6 is 11.3 Å². The number of fused-ring (bicyclic) bond motifs is 2. The first kappa shape index (κ1) is 17.0. The molecule has 3 heterocycles. The number of hydrogen-bond donors (Lipinski definition) is 4. The van der Waals surface area contributed by atoms with E-state index in [9.17, 15) is 10.0 Å². The van der Waals surface area contributed by atoms with Crippen molar-refractivity contribution >= 4 is 50.0 Å². The number of rotatable bonds is 4. The molecule has 1 amide bonds. The Hall–Kier alpha value is -3.46.